The van der Waals surface area contributed by atoms with Crippen molar-refractivity contribution in [1.29, 1.82) is 0 Å². The van der Waals surface area contributed by atoms with Crippen molar-refractivity contribution in [2.24, 2.45) is 0 Å². The van der Waals surface area contributed by atoms with Crippen molar-refractivity contribution in [2.45, 2.75) is 0 Å². The fourth-order valence-electron chi connectivity index (χ4n) is 18.0. The maximum atomic E-state index is 2.46. The van der Waals surface area contributed by atoms with Crippen molar-refractivity contribution >= 4 is 131 Å². The van der Waals surface area contributed by atoms with E-state index in [-0.39, 0.29) is 0 Å². The molecule has 0 radical (unpaired) electrons. The molecule has 0 aliphatic carbocycles. The van der Waals surface area contributed by atoms with Gasteiger partial charge in [-0.25, -0.2) is 0 Å². The SMILES string of the molecule is c1ccc(-c2ccc(-n3c4ccccc4c4c(-c5cccc6c5c5ccccc5n6-c5ccc6c(c5)c5ccccc5n6-c5ccccc5)cccc43)cc2)cc1.c1ccc(-n2c3ccccc3c3cc(-n4c5ccccc5c5c(-c6cccc7c6c6ccccc6n7-c6ccccc6)cccc54)ccc32)cc1. The zero-order valence-electron chi connectivity index (χ0n) is 58.8. The van der Waals surface area contributed by atoms with Gasteiger partial charge in [0.2, 0.25) is 0 Å². The van der Waals surface area contributed by atoms with E-state index in [1.165, 1.54) is 176 Å². The van der Waals surface area contributed by atoms with Crippen LogP contribution in [0.4, 0.5) is 0 Å². The summed E-state index contributed by atoms with van der Waals surface area (Å²) in [6, 6.07) is 146. The molecule has 0 spiro atoms. The Kier molecular flexibility index (Phi) is 13.9. The highest BCUT2D eigenvalue weighted by atomic mass is 15.0. The van der Waals surface area contributed by atoms with Crippen LogP contribution in [-0.4, -0.2) is 27.4 Å². The maximum absolute atomic E-state index is 2.46. The molecule has 0 atom stereocenters. The first-order valence-corrected chi connectivity index (χ1v) is 37.2. The number of hydrogen-bond donors (Lipinski definition) is 0. The van der Waals surface area contributed by atoms with Crippen LogP contribution >= 0.6 is 0 Å². The summed E-state index contributed by atoms with van der Waals surface area (Å²) in [6.45, 7) is 0. The Bertz CT molecular complexity index is 7510. The first-order chi connectivity index (χ1) is 53.7. The number of aromatic nitrogens is 6. The minimum absolute atomic E-state index is 1.15. The lowest BCUT2D eigenvalue weighted by Gasteiger charge is -2.12. The smallest absolute Gasteiger partial charge is 0.0547 e. The second-order valence-electron chi connectivity index (χ2n) is 28.2. The Morgan fingerprint density at radius 1 is 0.120 bits per heavy atom. The lowest BCUT2D eigenvalue weighted by Crippen LogP contribution is -1.95. The van der Waals surface area contributed by atoms with Crippen LogP contribution in [0.25, 0.3) is 198 Å². The Labute approximate surface area is 622 Å². The van der Waals surface area contributed by atoms with E-state index in [0.29, 0.717) is 0 Å². The molecule has 504 valence electrons. The number of fused-ring (bicyclic) bond motifs is 18. The molecule has 108 heavy (non-hydrogen) atoms. The molecule has 23 aromatic rings. The van der Waals surface area contributed by atoms with Gasteiger partial charge in [-0.1, -0.05) is 255 Å². The second-order valence-corrected chi connectivity index (χ2v) is 28.2. The minimum Gasteiger partial charge on any atom is -0.309 e. The summed E-state index contributed by atoms with van der Waals surface area (Å²) in [4.78, 5) is 0. The van der Waals surface area contributed by atoms with Gasteiger partial charge in [0.15, 0.2) is 0 Å². The highest BCUT2D eigenvalue weighted by Crippen LogP contribution is 2.48. The van der Waals surface area contributed by atoms with Gasteiger partial charge in [-0.05, 0) is 179 Å². The monoisotopic (exact) mass is 1370 g/mol. The van der Waals surface area contributed by atoms with Crippen molar-refractivity contribution in [3.05, 3.63) is 400 Å². The Hall–Kier alpha value is -14.5. The molecule has 0 saturated carbocycles. The summed E-state index contributed by atoms with van der Waals surface area (Å²) < 4.78 is 14.5. The summed E-state index contributed by atoms with van der Waals surface area (Å²) in [5.41, 5.74) is 28.8. The zero-order chi connectivity index (χ0) is 70.9. The molecule has 0 fully saturated rings. The average molecular weight is 1380 g/mol. The van der Waals surface area contributed by atoms with Gasteiger partial charge in [0.05, 0.1) is 66.2 Å². The van der Waals surface area contributed by atoms with Gasteiger partial charge in [0.25, 0.3) is 0 Å². The number of nitrogens with zero attached hydrogens (tertiary/aromatic N) is 6. The predicted octanol–water partition coefficient (Wildman–Crippen LogP) is 27.0. The molecular weight excluding hydrogens is 1310 g/mol. The highest BCUT2D eigenvalue weighted by molar-refractivity contribution is 6.25. The number of hydrogen-bond acceptors (Lipinski definition) is 0. The summed E-state index contributed by atoms with van der Waals surface area (Å²) >= 11 is 0. The molecule has 0 aliphatic rings. The molecule has 23 rings (SSSR count). The van der Waals surface area contributed by atoms with E-state index in [1.54, 1.807) is 0 Å². The van der Waals surface area contributed by atoms with Gasteiger partial charge in [-0.15, -0.1) is 0 Å². The molecule has 17 aromatic carbocycles. The normalized spacial score (nSPS) is 11.9. The van der Waals surface area contributed by atoms with Crippen LogP contribution in [-0.2, 0) is 0 Å². The molecule has 6 heterocycles. The van der Waals surface area contributed by atoms with Crippen LogP contribution in [0.15, 0.2) is 400 Å². The molecule has 0 bridgehead atoms. The van der Waals surface area contributed by atoms with Crippen LogP contribution in [0.2, 0.25) is 0 Å². The van der Waals surface area contributed by atoms with E-state index >= 15 is 0 Å². The summed E-state index contributed by atoms with van der Waals surface area (Å²) in [7, 11) is 0. The quantitative estimate of drug-likeness (QED) is 0.138. The first-order valence-electron chi connectivity index (χ1n) is 37.2. The average Bonchev–Trinajstić information content (AvgIpc) is 1.57. The van der Waals surface area contributed by atoms with E-state index < -0.39 is 0 Å². The van der Waals surface area contributed by atoms with Crippen LogP contribution in [0.1, 0.15) is 0 Å². The van der Waals surface area contributed by atoms with Crippen molar-refractivity contribution in [3.8, 4) is 67.5 Å². The molecule has 6 nitrogen and oxygen atoms in total. The minimum atomic E-state index is 1.15. The topological polar surface area (TPSA) is 29.6 Å². The molecule has 0 amide bonds. The van der Waals surface area contributed by atoms with E-state index in [2.05, 4.69) is 428 Å². The Balaban J connectivity index is 0.000000135. The van der Waals surface area contributed by atoms with E-state index in [4.69, 9.17) is 0 Å². The summed E-state index contributed by atoms with van der Waals surface area (Å²) in [6.07, 6.45) is 0. The maximum Gasteiger partial charge on any atom is 0.0547 e. The third-order valence-corrected chi connectivity index (χ3v) is 22.5. The fourth-order valence-corrected chi connectivity index (χ4v) is 18.0. The third-order valence-electron chi connectivity index (χ3n) is 22.5. The highest BCUT2D eigenvalue weighted by Gasteiger charge is 2.25. The predicted molar refractivity (Wildman–Crippen MR) is 455 cm³/mol. The van der Waals surface area contributed by atoms with Crippen LogP contribution in [0.3, 0.4) is 0 Å². The molecule has 0 unspecified atom stereocenters. The molecule has 6 aromatic heterocycles. The number of benzene rings is 17. The lowest BCUT2D eigenvalue weighted by molar-refractivity contribution is 1.17. The largest absolute Gasteiger partial charge is 0.309 e. The van der Waals surface area contributed by atoms with E-state index in [0.717, 1.165) is 22.7 Å². The zero-order valence-corrected chi connectivity index (χ0v) is 58.8. The van der Waals surface area contributed by atoms with Crippen molar-refractivity contribution < 1.29 is 0 Å². The summed E-state index contributed by atoms with van der Waals surface area (Å²) in [5, 5.41) is 15.0. The molecule has 0 saturated heterocycles. The van der Waals surface area contributed by atoms with Crippen LogP contribution < -0.4 is 0 Å². The Morgan fingerprint density at radius 3 is 0.657 bits per heavy atom. The summed E-state index contributed by atoms with van der Waals surface area (Å²) in [5.74, 6) is 0. The number of para-hydroxylation sites is 9. The molecular formula is C102H66N6. The molecule has 0 aliphatic heterocycles. The van der Waals surface area contributed by atoms with Crippen molar-refractivity contribution in [1.82, 2.24) is 27.4 Å². The van der Waals surface area contributed by atoms with Gasteiger partial charge in [-0.3, -0.25) is 0 Å². The van der Waals surface area contributed by atoms with E-state index in [9.17, 15) is 0 Å². The fraction of sp³-hybridized carbons (Fsp3) is 0. The van der Waals surface area contributed by atoms with Gasteiger partial charge >= 0.3 is 0 Å². The van der Waals surface area contributed by atoms with Crippen molar-refractivity contribution in [3.63, 3.8) is 0 Å². The van der Waals surface area contributed by atoms with Gasteiger partial charge in [-0.2, -0.15) is 0 Å². The van der Waals surface area contributed by atoms with Gasteiger partial charge in [0.1, 0.15) is 0 Å². The number of rotatable bonds is 9. The van der Waals surface area contributed by atoms with E-state index in [1.807, 2.05) is 0 Å². The van der Waals surface area contributed by atoms with Gasteiger partial charge in [0, 0.05) is 98.8 Å². The second kappa shape index (κ2) is 24.6. The first kappa shape index (κ1) is 61.1. The third kappa shape index (κ3) is 9.33. The molecule has 6 heteroatoms. The van der Waals surface area contributed by atoms with Crippen LogP contribution in [0, 0.1) is 0 Å². The van der Waals surface area contributed by atoms with Crippen LogP contribution in [0.5, 0.6) is 0 Å². The Morgan fingerprint density at radius 2 is 0.333 bits per heavy atom. The standard InChI is InChI=1S/C54H35N3.C48H31N3/c1-3-15-36(16-4-1)37-29-31-39(32-30-37)56-48-25-11-8-20-44(48)53-42(22-13-27-51(53)56)43-23-14-28-52-54(43)45-21-9-12-26-49(45)57(52)40-33-34-50-46(35-40)41-19-7-10-24-47(41)55(50)38-17-5-2-6-18-38;1-3-15-32(16-4-1)49-41-24-10-7-19-35(41)40-31-34(29-30-44(40)49)51-43-26-12-9-21-39(43)48-37(23-14-28-46(48)51)36-22-13-27-45-47(36)38-20-8-11-25-42(38)50(45)33-17-5-2-6-18-33/h1-35H;1-31H. The van der Waals surface area contributed by atoms with Crippen molar-refractivity contribution in [2.75, 3.05) is 0 Å². The molecule has 0 N–H and O–H groups in total. The lowest BCUT2D eigenvalue weighted by atomic mass is 9.95. The van der Waals surface area contributed by atoms with Gasteiger partial charge < -0.3 is 27.4 Å².